The van der Waals surface area contributed by atoms with Crippen LogP contribution in [0.3, 0.4) is 0 Å². The standard InChI is InChI=1S/C14H24O/c1-6-10(2)13(15)12-11(3)8-7-9-14(12,4)5/h6,13,15H,7-9H2,1-5H3. The van der Waals surface area contributed by atoms with Crippen molar-refractivity contribution in [3.63, 3.8) is 0 Å². The van der Waals surface area contributed by atoms with Gasteiger partial charge in [0, 0.05) is 0 Å². The van der Waals surface area contributed by atoms with Crippen LogP contribution >= 0.6 is 0 Å². The molecule has 0 heterocycles. The molecule has 1 rings (SSSR count). The molecule has 0 aromatic carbocycles. The van der Waals surface area contributed by atoms with Crippen LogP contribution in [0, 0.1) is 5.41 Å². The Morgan fingerprint density at radius 3 is 2.53 bits per heavy atom. The fraction of sp³-hybridized carbons (Fsp3) is 0.714. The molecule has 0 bridgehead atoms. The maximum Gasteiger partial charge on any atom is 0.0965 e. The van der Waals surface area contributed by atoms with Crippen molar-refractivity contribution in [1.82, 2.24) is 0 Å². The first-order valence-electron chi connectivity index (χ1n) is 5.91. The monoisotopic (exact) mass is 208 g/mol. The Bertz CT molecular complexity index is 294. The molecule has 0 aromatic rings. The minimum atomic E-state index is -0.370. The molecule has 0 saturated carbocycles. The van der Waals surface area contributed by atoms with Crippen LogP contribution in [0.5, 0.6) is 0 Å². The second-order valence-corrected chi connectivity index (χ2v) is 5.37. The van der Waals surface area contributed by atoms with E-state index in [-0.39, 0.29) is 11.5 Å². The second-order valence-electron chi connectivity index (χ2n) is 5.37. The van der Waals surface area contributed by atoms with Gasteiger partial charge in [-0.25, -0.2) is 0 Å². The van der Waals surface area contributed by atoms with Crippen molar-refractivity contribution in [3.05, 3.63) is 22.8 Å². The highest BCUT2D eigenvalue weighted by Gasteiger charge is 2.32. The molecule has 86 valence electrons. The van der Waals surface area contributed by atoms with Gasteiger partial charge in [0.2, 0.25) is 0 Å². The highest BCUT2D eigenvalue weighted by molar-refractivity contribution is 5.32. The van der Waals surface area contributed by atoms with E-state index < -0.39 is 0 Å². The Morgan fingerprint density at radius 2 is 2.07 bits per heavy atom. The lowest BCUT2D eigenvalue weighted by atomic mass is 9.69. The van der Waals surface area contributed by atoms with E-state index in [1.165, 1.54) is 24.0 Å². The first-order chi connectivity index (χ1) is 6.90. The molecule has 1 atom stereocenters. The first kappa shape index (κ1) is 12.5. The van der Waals surface area contributed by atoms with E-state index >= 15 is 0 Å². The molecule has 0 amide bonds. The number of hydrogen-bond acceptors (Lipinski definition) is 1. The van der Waals surface area contributed by atoms with Crippen molar-refractivity contribution in [2.45, 2.75) is 60.0 Å². The summed E-state index contributed by atoms with van der Waals surface area (Å²) in [5.41, 5.74) is 3.87. The second kappa shape index (κ2) is 4.52. The summed E-state index contributed by atoms with van der Waals surface area (Å²) in [6.45, 7) is 10.7. The van der Waals surface area contributed by atoms with Gasteiger partial charge in [0.1, 0.15) is 0 Å². The molecule has 1 aliphatic rings. The smallest absolute Gasteiger partial charge is 0.0965 e. The van der Waals surface area contributed by atoms with Crippen LogP contribution in [0.2, 0.25) is 0 Å². The molecule has 0 radical (unpaired) electrons. The number of aliphatic hydroxyl groups is 1. The van der Waals surface area contributed by atoms with Gasteiger partial charge in [0.05, 0.1) is 6.10 Å². The highest BCUT2D eigenvalue weighted by atomic mass is 16.3. The molecule has 0 spiro atoms. The maximum absolute atomic E-state index is 10.3. The number of rotatable bonds is 2. The zero-order valence-corrected chi connectivity index (χ0v) is 10.7. The Kier molecular flexibility index (Phi) is 3.77. The van der Waals surface area contributed by atoms with Crippen molar-refractivity contribution in [1.29, 1.82) is 0 Å². The average Bonchev–Trinajstić information content (AvgIpc) is 2.14. The van der Waals surface area contributed by atoms with E-state index in [1.54, 1.807) is 0 Å². The van der Waals surface area contributed by atoms with Crippen molar-refractivity contribution < 1.29 is 5.11 Å². The molecular weight excluding hydrogens is 184 g/mol. The van der Waals surface area contributed by atoms with Gasteiger partial charge < -0.3 is 5.11 Å². The Labute approximate surface area is 93.9 Å². The number of hydrogen-bond donors (Lipinski definition) is 1. The average molecular weight is 208 g/mol. The van der Waals surface area contributed by atoms with Crippen LogP contribution in [-0.2, 0) is 0 Å². The highest BCUT2D eigenvalue weighted by Crippen LogP contribution is 2.42. The number of aliphatic hydroxyl groups excluding tert-OH is 1. The van der Waals surface area contributed by atoms with E-state index in [0.717, 1.165) is 12.0 Å². The van der Waals surface area contributed by atoms with Gasteiger partial charge in [-0.15, -0.1) is 0 Å². The molecule has 0 aromatic heterocycles. The molecule has 1 heteroatoms. The Morgan fingerprint density at radius 1 is 1.47 bits per heavy atom. The van der Waals surface area contributed by atoms with Gasteiger partial charge in [0.25, 0.3) is 0 Å². The summed E-state index contributed by atoms with van der Waals surface area (Å²) >= 11 is 0. The molecule has 1 nitrogen and oxygen atoms in total. The van der Waals surface area contributed by atoms with Crippen molar-refractivity contribution >= 4 is 0 Å². The lowest BCUT2D eigenvalue weighted by molar-refractivity contribution is 0.197. The zero-order chi connectivity index (χ0) is 11.6. The number of allylic oxidation sites excluding steroid dienone is 2. The molecule has 1 aliphatic carbocycles. The third-order valence-electron chi connectivity index (χ3n) is 3.70. The Balaban J connectivity index is 3.09. The molecule has 15 heavy (non-hydrogen) atoms. The predicted octanol–water partition coefficient (Wildman–Crippen LogP) is 3.84. The minimum absolute atomic E-state index is 0.159. The predicted molar refractivity (Wildman–Crippen MR) is 65.8 cm³/mol. The summed E-state index contributed by atoms with van der Waals surface area (Å²) in [4.78, 5) is 0. The fourth-order valence-electron chi connectivity index (χ4n) is 2.63. The van der Waals surface area contributed by atoms with Crippen LogP contribution in [0.15, 0.2) is 22.8 Å². The maximum atomic E-state index is 10.3. The van der Waals surface area contributed by atoms with Crippen LogP contribution in [0.4, 0.5) is 0 Å². The lowest BCUT2D eigenvalue weighted by Crippen LogP contribution is -2.29. The summed E-state index contributed by atoms with van der Waals surface area (Å²) in [6, 6.07) is 0. The normalized spacial score (nSPS) is 24.3. The summed E-state index contributed by atoms with van der Waals surface area (Å²) in [7, 11) is 0. The van der Waals surface area contributed by atoms with Gasteiger partial charge in [-0.2, -0.15) is 0 Å². The third kappa shape index (κ3) is 2.52. The van der Waals surface area contributed by atoms with Crippen LogP contribution in [0.1, 0.15) is 53.9 Å². The van der Waals surface area contributed by atoms with Crippen LogP contribution < -0.4 is 0 Å². The first-order valence-corrected chi connectivity index (χ1v) is 5.91. The molecule has 1 unspecified atom stereocenters. The summed E-state index contributed by atoms with van der Waals surface area (Å²) in [6.07, 6.45) is 5.23. The van der Waals surface area contributed by atoms with E-state index in [2.05, 4.69) is 20.8 Å². The SMILES string of the molecule is CC=C(C)C(O)C1=C(C)CCCC1(C)C. The summed E-state index contributed by atoms with van der Waals surface area (Å²) < 4.78 is 0. The summed E-state index contributed by atoms with van der Waals surface area (Å²) in [5.74, 6) is 0. The largest absolute Gasteiger partial charge is 0.384 e. The summed E-state index contributed by atoms with van der Waals surface area (Å²) in [5, 5.41) is 10.3. The molecule has 1 N–H and O–H groups in total. The van der Waals surface area contributed by atoms with Crippen molar-refractivity contribution in [2.24, 2.45) is 5.41 Å². The van der Waals surface area contributed by atoms with Crippen LogP contribution in [-0.4, -0.2) is 11.2 Å². The van der Waals surface area contributed by atoms with E-state index in [0.29, 0.717) is 0 Å². The van der Waals surface area contributed by atoms with Gasteiger partial charge in [0.15, 0.2) is 0 Å². The van der Waals surface area contributed by atoms with Crippen molar-refractivity contribution in [2.75, 3.05) is 0 Å². The lowest BCUT2D eigenvalue weighted by Gasteiger charge is -2.37. The van der Waals surface area contributed by atoms with Gasteiger partial charge in [-0.3, -0.25) is 0 Å². The molecule has 0 saturated heterocycles. The van der Waals surface area contributed by atoms with Gasteiger partial charge >= 0.3 is 0 Å². The molecule has 0 aliphatic heterocycles. The Hall–Kier alpha value is -0.560. The van der Waals surface area contributed by atoms with Gasteiger partial charge in [-0.05, 0) is 56.6 Å². The van der Waals surface area contributed by atoms with E-state index in [1.807, 2.05) is 19.9 Å². The quantitative estimate of drug-likeness (QED) is 0.684. The van der Waals surface area contributed by atoms with Gasteiger partial charge in [-0.1, -0.05) is 25.5 Å². The zero-order valence-electron chi connectivity index (χ0n) is 10.7. The van der Waals surface area contributed by atoms with E-state index in [9.17, 15) is 5.11 Å². The minimum Gasteiger partial charge on any atom is -0.384 e. The van der Waals surface area contributed by atoms with Crippen molar-refractivity contribution in [3.8, 4) is 0 Å². The fourth-order valence-corrected chi connectivity index (χ4v) is 2.63. The van der Waals surface area contributed by atoms with E-state index in [4.69, 9.17) is 0 Å². The molecule has 0 fully saturated rings. The third-order valence-corrected chi connectivity index (χ3v) is 3.70. The van der Waals surface area contributed by atoms with Crippen LogP contribution in [0.25, 0.3) is 0 Å². The topological polar surface area (TPSA) is 20.2 Å². The molecular formula is C14H24O.